The van der Waals surface area contributed by atoms with Crippen molar-refractivity contribution in [2.24, 2.45) is 5.73 Å². The number of rotatable bonds is 5. The Morgan fingerprint density at radius 1 is 1.06 bits per heavy atom. The first-order chi connectivity index (χ1) is 8.36. The van der Waals surface area contributed by atoms with Crippen molar-refractivity contribution in [3.8, 4) is 0 Å². The Hall–Kier alpha value is -1.34. The van der Waals surface area contributed by atoms with Gasteiger partial charge >= 0.3 is 0 Å². The summed E-state index contributed by atoms with van der Waals surface area (Å²) in [6.07, 6.45) is 3.69. The van der Waals surface area contributed by atoms with Gasteiger partial charge in [-0.3, -0.25) is 0 Å². The van der Waals surface area contributed by atoms with Crippen LogP contribution in [0, 0.1) is 0 Å². The van der Waals surface area contributed by atoms with E-state index >= 15 is 0 Å². The molecule has 17 heavy (non-hydrogen) atoms. The van der Waals surface area contributed by atoms with Crippen molar-refractivity contribution in [1.82, 2.24) is 0 Å². The number of hydrogen-bond acceptors (Lipinski definition) is 1. The fourth-order valence-electron chi connectivity index (χ4n) is 2.46. The van der Waals surface area contributed by atoms with E-state index in [9.17, 15) is 0 Å². The van der Waals surface area contributed by atoms with Gasteiger partial charge in [-0.25, -0.2) is 0 Å². The average molecular weight is 227 g/mol. The summed E-state index contributed by atoms with van der Waals surface area (Å²) in [4.78, 5) is 0. The van der Waals surface area contributed by atoms with Gasteiger partial charge in [-0.2, -0.15) is 0 Å². The molecular formula is C16H21N. The van der Waals surface area contributed by atoms with Crippen LogP contribution in [0.4, 0.5) is 0 Å². The second-order valence-corrected chi connectivity index (χ2v) is 4.64. The predicted molar refractivity (Wildman–Crippen MR) is 75.3 cm³/mol. The van der Waals surface area contributed by atoms with Gasteiger partial charge in [0, 0.05) is 0 Å². The van der Waals surface area contributed by atoms with Gasteiger partial charge in [-0.1, -0.05) is 62.2 Å². The molecule has 0 aliphatic heterocycles. The number of unbranched alkanes of at least 4 members (excludes halogenated alkanes) is 1. The largest absolute Gasteiger partial charge is 0.330 e. The molecule has 2 aromatic rings. The highest BCUT2D eigenvalue weighted by Crippen LogP contribution is 2.28. The standard InChI is InChI=1S/C16H21N/c1-2-3-7-14(12-17)16-11-6-9-13-8-4-5-10-15(13)16/h4-6,8-11,14H,2-3,7,12,17H2,1H3/t14-/m0/s1. The van der Waals surface area contributed by atoms with Gasteiger partial charge in [-0.05, 0) is 35.2 Å². The zero-order valence-electron chi connectivity index (χ0n) is 10.5. The zero-order valence-corrected chi connectivity index (χ0v) is 10.5. The Morgan fingerprint density at radius 2 is 1.82 bits per heavy atom. The second-order valence-electron chi connectivity index (χ2n) is 4.64. The fraction of sp³-hybridized carbons (Fsp3) is 0.375. The van der Waals surface area contributed by atoms with E-state index in [0.717, 1.165) is 6.54 Å². The van der Waals surface area contributed by atoms with Crippen molar-refractivity contribution in [2.75, 3.05) is 6.54 Å². The molecule has 0 spiro atoms. The van der Waals surface area contributed by atoms with Gasteiger partial charge in [0.1, 0.15) is 0 Å². The van der Waals surface area contributed by atoms with E-state index in [1.807, 2.05) is 0 Å². The summed E-state index contributed by atoms with van der Waals surface area (Å²) in [6.45, 7) is 2.98. The van der Waals surface area contributed by atoms with Crippen LogP contribution in [0.3, 0.4) is 0 Å². The van der Waals surface area contributed by atoms with Crippen LogP contribution in [0.15, 0.2) is 42.5 Å². The third-order valence-electron chi connectivity index (χ3n) is 3.45. The van der Waals surface area contributed by atoms with Crippen molar-refractivity contribution >= 4 is 10.8 Å². The molecule has 0 amide bonds. The molecule has 1 heteroatoms. The normalized spacial score (nSPS) is 12.8. The van der Waals surface area contributed by atoms with Crippen LogP contribution in [-0.2, 0) is 0 Å². The third kappa shape index (κ3) is 2.67. The first-order valence-corrected chi connectivity index (χ1v) is 6.54. The lowest BCUT2D eigenvalue weighted by molar-refractivity contribution is 0.595. The lowest BCUT2D eigenvalue weighted by Gasteiger charge is -2.17. The fourth-order valence-corrected chi connectivity index (χ4v) is 2.46. The minimum Gasteiger partial charge on any atom is -0.330 e. The lowest BCUT2D eigenvalue weighted by Crippen LogP contribution is -2.12. The van der Waals surface area contributed by atoms with Crippen LogP contribution < -0.4 is 5.73 Å². The van der Waals surface area contributed by atoms with Gasteiger partial charge < -0.3 is 5.73 Å². The highest BCUT2D eigenvalue weighted by molar-refractivity contribution is 5.86. The first kappa shape index (κ1) is 12.1. The summed E-state index contributed by atoms with van der Waals surface area (Å²) in [6, 6.07) is 15.1. The molecule has 0 aliphatic rings. The maximum absolute atomic E-state index is 5.94. The predicted octanol–water partition coefficient (Wildman–Crippen LogP) is 4.07. The molecule has 0 saturated carbocycles. The van der Waals surface area contributed by atoms with E-state index < -0.39 is 0 Å². The van der Waals surface area contributed by atoms with Crippen LogP contribution in [0.1, 0.15) is 37.7 Å². The quantitative estimate of drug-likeness (QED) is 0.818. The molecule has 0 unspecified atom stereocenters. The maximum Gasteiger partial charge on any atom is -0.000801 e. The van der Waals surface area contributed by atoms with Crippen molar-refractivity contribution in [2.45, 2.75) is 32.1 Å². The number of hydrogen-bond donors (Lipinski definition) is 1. The van der Waals surface area contributed by atoms with Crippen LogP contribution in [0.5, 0.6) is 0 Å². The molecule has 0 bridgehead atoms. The molecule has 2 aromatic carbocycles. The number of nitrogens with two attached hydrogens (primary N) is 1. The van der Waals surface area contributed by atoms with Crippen molar-refractivity contribution in [1.29, 1.82) is 0 Å². The van der Waals surface area contributed by atoms with E-state index in [0.29, 0.717) is 5.92 Å². The molecule has 0 fully saturated rings. The smallest absolute Gasteiger partial charge is 0.000801 e. The Labute approximate surface area is 104 Å². The average Bonchev–Trinajstić information content (AvgIpc) is 2.40. The minimum atomic E-state index is 0.501. The van der Waals surface area contributed by atoms with Crippen molar-refractivity contribution in [3.63, 3.8) is 0 Å². The van der Waals surface area contributed by atoms with Crippen LogP contribution in [0.25, 0.3) is 10.8 Å². The van der Waals surface area contributed by atoms with Crippen LogP contribution in [0.2, 0.25) is 0 Å². The zero-order chi connectivity index (χ0) is 12.1. The van der Waals surface area contributed by atoms with Crippen molar-refractivity contribution < 1.29 is 0 Å². The molecule has 2 rings (SSSR count). The van der Waals surface area contributed by atoms with E-state index in [4.69, 9.17) is 5.73 Å². The molecule has 0 radical (unpaired) electrons. The molecular weight excluding hydrogens is 206 g/mol. The number of fused-ring (bicyclic) bond motifs is 1. The Bertz CT molecular complexity index is 470. The molecule has 0 aromatic heterocycles. The van der Waals surface area contributed by atoms with Gasteiger partial charge in [0.15, 0.2) is 0 Å². The summed E-state index contributed by atoms with van der Waals surface area (Å²) in [7, 11) is 0. The third-order valence-corrected chi connectivity index (χ3v) is 3.45. The highest BCUT2D eigenvalue weighted by atomic mass is 14.5. The first-order valence-electron chi connectivity index (χ1n) is 6.54. The van der Waals surface area contributed by atoms with Gasteiger partial charge in [-0.15, -0.1) is 0 Å². The van der Waals surface area contributed by atoms with Crippen molar-refractivity contribution in [3.05, 3.63) is 48.0 Å². The highest BCUT2D eigenvalue weighted by Gasteiger charge is 2.11. The molecule has 90 valence electrons. The second kappa shape index (κ2) is 5.83. The molecule has 1 nitrogen and oxygen atoms in total. The monoisotopic (exact) mass is 227 g/mol. The topological polar surface area (TPSA) is 26.0 Å². The molecule has 0 aliphatic carbocycles. The summed E-state index contributed by atoms with van der Waals surface area (Å²) in [5.41, 5.74) is 7.35. The maximum atomic E-state index is 5.94. The van der Waals surface area contributed by atoms with E-state index in [1.165, 1.54) is 35.6 Å². The van der Waals surface area contributed by atoms with E-state index in [-0.39, 0.29) is 0 Å². The van der Waals surface area contributed by atoms with Gasteiger partial charge in [0.2, 0.25) is 0 Å². The summed E-state index contributed by atoms with van der Waals surface area (Å²) in [5, 5.41) is 2.68. The number of benzene rings is 2. The molecule has 1 atom stereocenters. The van der Waals surface area contributed by atoms with Gasteiger partial charge in [0.05, 0.1) is 0 Å². The summed E-state index contributed by atoms with van der Waals surface area (Å²) in [5.74, 6) is 0.501. The van der Waals surface area contributed by atoms with Crippen LogP contribution in [-0.4, -0.2) is 6.54 Å². The Balaban J connectivity index is 2.38. The SMILES string of the molecule is CCCC[C@@H](CN)c1cccc2ccccc12. The van der Waals surface area contributed by atoms with Gasteiger partial charge in [0.25, 0.3) is 0 Å². The van der Waals surface area contributed by atoms with E-state index in [1.54, 1.807) is 0 Å². The Kier molecular flexibility index (Phi) is 4.16. The molecule has 0 saturated heterocycles. The Morgan fingerprint density at radius 3 is 2.59 bits per heavy atom. The molecule has 0 heterocycles. The van der Waals surface area contributed by atoms with Crippen LogP contribution >= 0.6 is 0 Å². The summed E-state index contributed by atoms with van der Waals surface area (Å²) >= 11 is 0. The van der Waals surface area contributed by atoms with E-state index in [2.05, 4.69) is 49.4 Å². The summed E-state index contributed by atoms with van der Waals surface area (Å²) < 4.78 is 0. The molecule has 2 N–H and O–H groups in total. The lowest BCUT2D eigenvalue weighted by atomic mass is 9.90. The minimum absolute atomic E-state index is 0.501.